The van der Waals surface area contributed by atoms with Gasteiger partial charge in [0.25, 0.3) is 5.91 Å². The third-order valence-electron chi connectivity index (χ3n) is 3.13. The topological polar surface area (TPSA) is 57.3 Å². The molecule has 0 aromatic carbocycles. The lowest BCUT2D eigenvalue weighted by molar-refractivity contribution is 0.0951. The first-order chi connectivity index (χ1) is 9.04. The van der Waals surface area contributed by atoms with Crippen LogP contribution in [0, 0.1) is 0 Å². The molecule has 0 atom stereocenters. The van der Waals surface area contributed by atoms with E-state index in [1.807, 2.05) is 0 Å². The number of hydrogen-bond acceptors (Lipinski definition) is 4. The first kappa shape index (κ1) is 15.4. The molecule has 0 saturated heterocycles. The van der Waals surface area contributed by atoms with Gasteiger partial charge in [0.15, 0.2) is 0 Å². The quantitative estimate of drug-likeness (QED) is 0.734. The monoisotopic (exact) mass is 264 g/mol. The second-order valence-corrected chi connectivity index (χ2v) is 4.86. The lowest BCUT2D eigenvalue weighted by Crippen LogP contribution is -2.31. The van der Waals surface area contributed by atoms with Gasteiger partial charge in [-0.05, 0) is 46.0 Å². The van der Waals surface area contributed by atoms with Crippen molar-refractivity contribution in [1.82, 2.24) is 15.2 Å². The van der Waals surface area contributed by atoms with Crippen molar-refractivity contribution in [3.05, 3.63) is 23.9 Å². The summed E-state index contributed by atoms with van der Waals surface area (Å²) in [5.74, 6) is 0.651. The second-order valence-electron chi connectivity index (χ2n) is 4.86. The summed E-state index contributed by atoms with van der Waals surface area (Å²) in [6.07, 6.45) is 2.58. The summed E-state index contributed by atoms with van der Waals surface area (Å²) in [4.78, 5) is 18.3. The van der Waals surface area contributed by atoms with Crippen LogP contribution in [0.25, 0.3) is 0 Å². The van der Waals surface area contributed by atoms with Crippen LogP contribution in [0.3, 0.4) is 0 Å². The van der Waals surface area contributed by atoms with Gasteiger partial charge in [0.1, 0.15) is 5.82 Å². The molecule has 106 valence electrons. The predicted octanol–water partition coefficient (Wildman–Crippen LogP) is 1.58. The summed E-state index contributed by atoms with van der Waals surface area (Å²) in [7, 11) is 3.88. The molecule has 0 bridgehead atoms. The molecule has 1 heterocycles. The molecule has 1 rings (SSSR count). The number of carbonyl (C=O) groups excluding carboxylic acids is 1. The highest BCUT2D eigenvalue weighted by atomic mass is 16.1. The Balaban J connectivity index is 2.35. The number of nitrogens with zero attached hydrogens (tertiary/aromatic N) is 2. The van der Waals surface area contributed by atoms with Crippen LogP contribution in [0.2, 0.25) is 0 Å². The number of pyridine rings is 1. The Kier molecular flexibility index (Phi) is 6.29. The minimum absolute atomic E-state index is 0.0499. The fourth-order valence-electron chi connectivity index (χ4n) is 1.60. The van der Waals surface area contributed by atoms with E-state index >= 15 is 0 Å². The molecule has 19 heavy (non-hydrogen) atoms. The Labute approximate surface area is 115 Å². The van der Waals surface area contributed by atoms with Crippen molar-refractivity contribution in [3.8, 4) is 0 Å². The van der Waals surface area contributed by atoms with E-state index in [4.69, 9.17) is 0 Å². The minimum Gasteiger partial charge on any atom is -0.373 e. The maximum Gasteiger partial charge on any atom is 0.251 e. The third kappa shape index (κ3) is 5.26. The predicted molar refractivity (Wildman–Crippen MR) is 78.5 cm³/mol. The third-order valence-corrected chi connectivity index (χ3v) is 3.13. The summed E-state index contributed by atoms with van der Waals surface area (Å²) in [5.41, 5.74) is 0.636. The van der Waals surface area contributed by atoms with Crippen molar-refractivity contribution in [3.63, 3.8) is 0 Å². The van der Waals surface area contributed by atoms with Crippen molar-refractivity contribution in [2.24, 2.45) is 0 Å². The molecule has 1 aromatic heterocycles. The van der Waals surface area contributed by atoms with Crippen LogP contribution in [-0.2, 0) is 0 Å². The Bertz CT molecular complexity index is 406. The Morgan fingerprint density at radius 1 is 1.47 bits per heavy atom. The van der Waals surface area contributed by atoms with E-state index in [0.29, 0.717) is 24.0 Å². The largest absolute Gasteiger partial charge is 0.373 e. The van der Waals surface area contributed by atoms with Gasteiger partial charge in [-0.2, -0.15) is 0 Å². The molecule has 0 aliphatic carbocycles. The minimum atomic E-state index is -0.0499. The molecule has 0 aliphatic heterocycles. The molecule has 0 unspecified atom stereocenters. The molecule has 1 amide bonds. The highest BCUT2D eigenvalue weighted by Gasteiger charge is 2.06. The van der Waals surface area contributed by atoms with Gasteiger partial charge in [-0.25, -0.2) is 4.98 Å². The van der Waals surface area contributed by atoms with E-state index in [1.54, 1.807) is 25.4 Å². The number of amides is 1. The SMILES string of the molecule is CNc1cc(C(=O)NCCCN(C)C(C)C)ccn1. The zero-order valence-electron chi connectivity index (χ0n) is 12.2. The first-order valence-electron chi connectivity index (χ1n) is 6.67. The summed E-state index contributed by atoms with van der Waals surface area (Å²) < 4.78 is 0. The summed E-state index contributed by atoms with van der Waals surface area (Å²) in [6.45, 7) is 5.99. The molecule has 0 fully saturated rings. The van der Waals surface area contributed by atoms with Crippen molar-refractivity contribution >= 4 is 11.7 Å². The van der Waals surface area contributed by atoms with Crippen LogP contribution >= 0.6 is 0 Å². The fourth-order valence-corrected chi connectivity index (χ4v) is 1.60. The van der Waals surface area contributed by atoms with E-state index in [1.165, 1.54) is 0 Å². The number of aromatic nitrogens is 1. The lowest BCUT2D eigenvalue weighted by atomic mass is 10.2. The number of rotatable bonds is 7. The molecule has 5 nitrogen and oxygen atoms in total. The fraction of sp³-hybridized carbons (Fsp3) is 0.571. The average molecular weight is 264 g/mol. The van der Waals surface area contributed by atoms with E-state index in [0.717, 1.165) is 13.0 Å². The maximum absolute atomic E-state index is 11.9. The molecule has 0 saturated carbocycles. The summed E-state index contributed by atoms with van der Waals surface area (Å²) in [6, 6.07) is 4.00. The number of nitrogens with one attached hydrogen (secondary N) is 2. The van der Waals surface area contributed by atoms with Crippen LogP contribution in [0.1, 0.15) is 30.6 Å². The lowest BCUT2D eigenvalue weighted by Gasteiger charge is -2.20. The van der Waals surface area contributed by atoms with Crippen molar-refractivity contribution in [2.45, 2.75) is 26.3 Å². The molecule has 0 aliphatic rings. The van der Waals surface area contributed by atoms with E-state index in [9.17, 15) is 4.79 Å². The standard InChI is InChI=1S/C14H24N4O/c1-11(2)18(4)9-5-7-17-14(19)12-6-8-16-13(10-12)15-3/h6,8,10-11H,5,7,9H2,1-4H3,(H,15,16)(H,17,19). The average Bonchev–Trinajstić information content (AvgIpc) is 2.42. The summed E-state index contributed by atoms with van der Waals surface area (Å²) in [5, 5.41) is 5.84. The van der Waals surface area contributed by atoms with Crippen molar-refractivity contribution in [1.29, 1.82) is 0 Å². The van der Waals surface area contributed by atoms with E-state index in [2.05, 4.69) is 41.4 Å². The molecule has 5 heteroatoms. The van der Waals surface area contributed by atoms with Gasteiger partial charge in [-0.15, -0.1) is 0 Å². The molecule has 0 spiro atoms. The van der Waals surface area contributed by atoms with Crippen molar-refractivity contribution in [2.75, 3.05) is 32.5 Å². The van der Waals surface area contributed by atoms with E-state index in [-0.39, 0.29) is 5.91 Å². The Morgan fingerprint density at radius 2 is 2.21 bits per heavy atom. The highest BCUT2D eigenvalue weighted by Crippen LogP contribution is 2.05. The molecular formula is C14H24N4O. The van der Waals surface area contributed by atoms with Crippen LogP contribution in [0.15, 0.2) is 18.3 Å². The van der Waals surface area contributed by atoms with Gasteiger partial charge >= 0.3 is 0 Å². The second kappa shape index (κ2) is 7.74. The van der Waals surface area contributed by atoms with Crippen LogP contribution < -0.4 is 10.6 Å². The molecule has 0 radical (unpaired) electrons. The van der Waals surface area contributed by atoms with Crippen LogP contribution in [0.4, 0.5) is 5.82 Å². The number of carbonyl (C=O) groups is 1. The first-order valence-corrected chi connectivity index (χ1v) is 6.67. The zero-order valence-corrected chi connectivity index (χ0v) is 12.2. The molecular weight excluding hydrogens is 240 g/mol. The van der Waals surface area contributed by atoms with Gasteiger partial charge in [-0.1, -0.05) is 0 Å². The molecule has 2 N–H and O–H groups in total. The van der Waals surface area contributed by atoms with Gasteiger partial charge in [0.05, 0.1) is 0 Å². The summed E-state index contributed by atoms with van der Waals surface area (Å²) >= 11 is 0. The highest BCUT2D eigenvalue weighted by molar-refractivity contribution is 5.94. The zero-order chi connectivity index (χ0) is 14.3. The Morgan fingerprint density at radius 3 is 2.84 bits per heavy atom. The maximum atomic E-state index is 11.9. The normalized spacial score (nSPS) is 10.8. The van der Waals surface area contributed by atoms with Crippen LogP contribution in [-0.4, -0.2) is 49.0 Å². The number of anilines is 1. The van der Waals surface area contributed by atoms with E-state index < -0.39 is 0 Å². The van der Waals surface area contributed by atoms with Gasteiger partial charge in [0.2, 0.25) is 0 Å². The smallest absolute Gasteiger partial charge is 0.251 e. The van der Waals surface area contributed by atoms with Crippen molar-refractivity contribution < 1.29 is 4.79 Å². The van der Waals surface area contributed by atoms with Gasteiger partial charge in [-0.3, -0.25) is 4.79 Å². The molecule has 1 aromatic rings. The van der Waals surface area contributed by atoms with Crippen LogP contribution in [0.5, 0.6) is 0 Å². The van der Waals surface area contributed by atoms with Gasteiger partial charge in [0, 0.05) is 31.4 Å². The Hall–Kier alpha value is -1.62. The van der Waals surface area contributed by atoms with Gasteiger partial charge < -0.3 is 15.5 Å². The number of hydrogen-bond donors (Lipinski definition) is 2.